The van der Waals surface area contributed by atoms with Crippen LogP contribution in [-0.2, 0) is 19.4 Å². The molecule has 4 rings (SSSR count). The molecule has 1 N–H and O–H groups in total. The van der Waals surface area contributed by atoms with Crippen molar-refractivity contribution in [1.29, 1.82) is 0 Å². The van der Waals surface area contributed by atoms with Crippen molar-refractivity contribution in [3.63, 3.8) is 0 Å². The Balaban J connectivity index is 1.36. The molecule has 7 nitrogen and oxygen atoms in total. The summed E-state index contributed by atoms with van der Waals surface area (Å²) >= 11 is 0. The number of sulfone groups is 1. The highest BCUT2D eigenvalue weighted by molar-refractivity contribution is 7.92. The Morgan fingerprint density at radius 3 is 2.61 bits per heavy atom. The van der Waals surface area contributed by atoms with Crippen LogP contribution in [0.3, 0.4) is 0 Å². The van der Waals surface area contributed by atoms with Crippen LogP contribution in [0.25, 0.3) is 0 Å². The fourth-order valence-electron chi connectivity index (χ4n) is 4.15. The average molecular weight is 443 g/mol. The van der Waals surface area contributed by atoms with Crippen molar-refractivity contribution >= 4 is 33.0 Å². The molecular formula is C23H26N2O5S. The molecule has 0 radical (unpaired) electrons. The molecule has 0 spiro atoms. The van der Waals surface area contributed by atoms with Gasteiger partial charge in [0.1, 0.15) is 12.4 Å². The first kappa shape index (κ1) is 21.4. The largest absolute Gasteiger partial charge is 0.490 e. The third-order valence-electron chi connectivity index (χ3n) is 5.78. The van der Waals surface area contributed by atoms with E-state index in [0.717, 1.165) is 12.8 Å². The van der Waals surface area contributed by atoms with Crippen LogP contribution in [0.5, 0.6) is 5.75 Å². The normalized spacial score (nSPS) is 16.5. The van der Waals surface area contributed by atoms with Gasteiger partial charge in [0.25, 0.3) is 0 Å². The zero-order valence-electron chi connectivity index (χ0n) is 17.2. The van der Waals surface area contributed by atoms with E-state index >= 15 is 0 Å². The van der Waals surface area contributed by atoms with E-state index < -0.39 is 9.84 Å². The summed E-state index contributed by atoms with van der Waals surface area (Å²) in [4.78, 5) is 26.9. The smallest absolute Gasteiger partial charge is 0.227 e. The average Bonchev–Trinajstić information content (AvgIpc) is 3.33. The van der Waals surface area contributed by atoms with Gasteiger partial charge in [-0.05, 0) is 43.2 Å². The van der Waals surface area contributed by atoms with Gasteiger partial charge in [0, 0.05) is 18.5 Å². The van der Waals surface area contributed by atoms with Gasteiger partial charge in [0.2, 0.25) is 11.8 Å². The molecular weight excluding hydrogens is 416 g/mol. The summed E-state index contributed by atoms with van der Waals surface area (Å²) in [5, 5.41) is 2.38. The van der Waals surface area contributed by atoms with Gasteiger partial charge in [-0.15, -0.1) is 0 Å². The summed E-state index contributed by atoms with van der Waals surface area (Å²) in [6, 6.07) is 13.7. The molecule has 0 atom stereocenters. The molecule has 164 valence electrons. The number of benzene rings is 2. The maximum absolute atomic E-state index is 12.8. The Labute approximate surface area is 182 Å². The Morgan fingerprint density at radius 1 is 1.03 bits per heavy atom. The van der Waals surface area contributed by atoms with Crippen molar-refractivity contribution in [3.05, 3.63) is 48.5 Å². The van der Waals surface area contributed by atoms with Crippen molar-refractivity contribution in [2.45, 2.75) is 48.7 Å². The van der Waals surface area contributed by atoms with E-state index in [4.69, 9.17) is 4.74 Å². The molecule has 0 aromatic heterocycles. The topological polar surface area (TPSA) is 92.8 Å². The number of ether oxygens (including phenoxy) is 1. The number of anilines is 2. The third kappa shape index (κ3) is 4.74. The minimum absolute atomic E-state index is 0.0119. The van der Waals surface area contributed by atoms with E-state index in [1.165, 1.54) is 6.07 Å². The summed E-state index contributed by atoms with van der Waals surface area (Å²) in [6.07, 6.45) is 3.31. The highest BCUT2D eigenvalue weighted by atomic mass is 32.2. The summed E-state index contributed by atoms with van der Waals surface area (Å²) in [6.45, 7) is 0.857. The third-order valence-corrected chi connectivity index (χ3v) is 8.04. The maximum Gasteiger partial charge on any atom is 0.227 e. The SMILES string of the molecule is O=C(CCC(=O)N1CCOc2ccccc21)Nc1cccc(S(=O)(=O)C2CCCC2)c1. The molecule has 0 unspecified atom stereocenters. The van der Waals surface area contributed by atoms with Gasteiger partial charge in [-0.1, -0.05) is 31.0 Å². The molecule has 2 amide bonds. The van der Waals surface area contributed by atoms with Crippen molar-refractivity contribution in [1.82, 2.24) is 0 Å². The summed E-state index contributed by atoms with van der Waals surface area (Å²) in [5.41, 5.74) is 1.14. The predicted molar refractivity (Wildman–Crippen MR) is 118 cm³/mol. The van der Waals surface area contributed by atoms with Crippen molar-refractivity contribution in [2.75, 3.05) is 23.4 Å². The van der Waals surface area contributed by atoms with Crippen LogP contribution in [0.1, 0.15) is 38.5 Å². The van der Waals surface area contributed by atoms with Crippen molar-refractivity contribution in [2.24, 2.45) is 0 Å². The zero-order chi connectivity index (χ0) is 21.8. The van der Waals surface area contributed by atoms with Gasteiger partial charge in [-0.25, -0.2) is 8.42 Å². The second-order valence-electron chi connectivity index (χ2n) is 7.89. The first-order valence-corrected chi connectivity index (χ1v) is 12.2. The van der Waals surface area contributed by atoms with E-state index in [-0.39, 0.29) is 34.8 Å². The fraction of sp³-hybridized carbons (Fsp3) is 0.391. The van der Waals surface area contributed by atoms with Gasteiger partial charge < -0.3 is 15.0 Å². The highest BCUT2D eigenvalue weighted by Gasteiger charge is 2.30. The number of para-hydroxylation sites is 2. The van der Waals surface area contributed by atoms with Crippen LogP contribution in [-0.4, -0.2) is 38.6 Å². The van der Waals surface area contributed by atoms with Gasteiger partial charge in [0.15, 0.2) is 9.84 Å². The van der Waals surface area contributed by atoms with Crippen molar-refractivity contribution < 1.29 is 22.7 Å². The lowest BCUT2D eigenvalue weighted by atomic mass is 10.2. The van der Waals surface area contributed by atoms with E-state index in [2.05, 4.69) is 5.32 Å². The number of fused-ring (bicyclic) bond motifs is 1. The molecule has 1 aliphatic heterocycles. The van der Waals surface area contributed by atoms with Gasteiger partial charge >= 0.3 is 0 Å². The molecule has 8 heteroatoms. The quantitative estimate of drug-likeness (QED) is 0.739. The highest BCUT2D eigenvalue weighted by Crippen LogP contribution is 2.32. The predicted octanol–water partition coefficient (Wildman–Crippen LogP) is 3.55. The lowest BCUT2D eigenvalue weighted by molar-refractivity contribution is -0.122. The minimum atomic E-state index is -3.39. The first-order valence-electron chi connectivity index (χ1n) is 10.6. The summed E-state index contributed by atoms with van der Waals surface area (Å²) in [5.74, 6) is 0.181. The molecule has 0 bridgehead atoms. The molecule has 1 heterocycles. The molecule has 1 saturated carbocycles. The Hall–Kier alpha value is -2.87. The molecule has 0 saturated heterocycles. The molecule has 31 heavy (non-hydrogen) atoms. The number of hydrogen-bond acceptors (Lipinski definition) is 5. The minimum Gasteiger partial charge on any atom is -0.490 e. The number of carbonyl (C=O) groups excluding carboxylic acids is 2. The van der Waals surface area contributed by atoms with Crippen LogP contribution >= 0.6 is 0 Å². The number of nitrogens with zero attached hydrogens (tertiary/aromatic N) is 1. The van der Waals surface area contributed by atoms with Crippen LogP contribution in [0.15, 0.2) is 53.4 Å². The standard InChI is InChI=1S/C23H26N2O5S/c26-22(12-13-23(27)25-14-15-30-21-11-4-3-10-20(21)25)24-17-6-5-9-19(16-17)31(28,29)18-7-1-2-8-18/h3-6,9-11,16,18H,1-2,7-8,12-15H2,(H,24,26). The molecule has 1 fully saturated rings. The number of amides is 2. The molecule has 2 aromatic carbocycles. The monoisotopic (exact) mass is 442 g/mol. The second kappa shape index (κ2) is 9.09. The van der Waals surface area contributed by atoms with Gasteiger partial charge in [-0.3, -0.25) is 9.59 Å². The summed E-state index contributed by atoms with van der Waals surface area (Å²) < 4.78 is 31.1. The number of nitrogens with one attached hydrogen (secondary N) is 1. The van der Waals surface area contributed by atoms with Gasteiger partial charge in [0.05, 0.1) is 22.4 Å². The Kier molecular flexibility index (Phi) is 6.27. The zero-order valence-corrected chi connectivity index (χ0v) is 18.1. The van der Waals surface area contributed by atoms with E-state index in [1.54, 1.807) is 23.1 Å². The molecule has 2 aliphatic rings. The molecule has 1 aliphatic carbocycles. The Bertz CT molecular complexity index is 1080. The van der Waals surface area contributed by atoms with Crippen LogP contribution in [0, 0.1) is 0 Å². The Morgan fingerprint density at radius 2 is 1.81 bits per heavy atom. The molecule has 2 aromatic rings. The maximum atomic E-state index is 12.8. The van der Waals surface area contributed by atoms with Crippen LogP contribution in [0.4, 0.5) is 11.4 Å². The second-order valence-corrected chi connectivity index (χ2v) is 10.1. The fourth-order valence-corrected chi connectivity index (χ4v) is 6.05. The number of hydrogen-bond donors (Lipinski definition) is 1. The van der Waals surface area contributed by atoms with Crippen LogP contribution in [0.2, 0.25) is 0 Å². The summed E-state index contributed by atoms with van der Waals surface area (Å²) in [7, 11) is -3.39. The van der Waals surface area contributed by atoms with Crippen molar-refractivity contribution in [3.8, 4) is 5.75 Å². The van der Waals surface area contributed by atoms with E-state index in [9.17, 15) is 18.0 Å². The lowest BCUT2D eigenvalue weighted by Crippen LogP contribution is -2.38. The lowest BCUT2D eigenvalue weighted by Gasteiger charge is -2.29. The first-order chi connectivity index (χ1) is 14.9. The van der Waals surface area contributed by atoms with Gasteiger partial charge in [-0.2, -0.15) is 0 Å². The number of carbonyl (C=O) groups is 2. The van der Waals surface area contributed by atoms with Crippen LogP contribution < -0.4 is 15.0 Å². The van der Waals surface area contributed by atoms with E-state index in [1.807, 2.05) is 24.3 Å². The number of rotatable bonds is 6. The van der Waals surface area contributed by atoms with E-state index in [0.29, 0.717) is 43.1 Å².